The summed E-state index contributed by atoms with van der Waals surface area (Å²) in [7, 11) is 0. The second-order valence-electron chi connectivity index (χ2n) is 10.9. The zero-order valence-electron chi connectivity index (χ0n) is 22.0. The number of aryl methyl sites for hydroxylation is 4. The zero-order chi connectivity index (χ0) is 25.2. The minimum atomic E-state index is -0.329. The van der Waals surface area contributed by atoms with E-state index in [4.69, 9.17) is 11.6 Å². The van der Waals surface area contributed by atoms with Crippen LogP contribution >= 0.6 is 11.6 Å². The van der Waals surface area contributed by atoms with Gasteiger partial charge in [0, 0.05) is 0 Å². The molecule has 3 aromatic carbocycles. The first-order chi connectivity index (χ1) is 17.6. The van der Waals surface area contributed by atoms with E-state index in [1.165, 1.54) is 87.3 Å². The molecule has 0 N–H and O–H groups in total. The predicted molar refractivity (Wildman–Crippen MR) is 153 cm³/mol. The molecule has 1 saturated carbocycles. The van der Waals surface area contributed by atoms with Gasteiger partial charge in [0.2, 0.25) is 0 Å². The number of halogens is 2. The van der Waals surface area contributed by atoms with Crippen LogP contribution < -0.4 is 0 Å². The second-order valence-corrected chi connectivity index (χ2v) is 11.3. The van der Waals surface area contributed by atoms with E-state index < -0.39 is 0 Å². The summed E-state index contributed by atoms with van der Waals surface area (Å²) in [5.74, 6) is 1.28. The quantitative estimate of drug-likeness (QED) is 0.215. The molecular formula is C34H42ClF. The van der Waals surface area contributed by atoms with E-state index in [0.717, 1.165) is 30.2 Å². The highest BCUT2D eigenvalue weighted by atomic mass is 35.5. The molecule has 1 aliphatic rings. The van der Waals surface area contributed by atoms with E-state index in [9.17, 15) is 4.39 Å². The molecule has 0 aromatic heterocycles. The molecule has 3 aromatic rings. The lowest BCUT2D eigenvalue weighted by Crippen LogP contribution is -2.14. The molecule has 0 radical (unpaired) electrons. The van der Waals surface area contributed by atoms with Crippen LogP contribution in [0.15, 0.2) is 66.7 Å². The first-order valence-corrected chi connectivity index (χ1v) is 14.6. The van der Waals surface area contributed by atoms with Crippen LogP contribution in [0, 0.1) is 11.7 Å². The minimum absolute atomic E-state index is 0.193. The van der Waals surface area contributed by atoms with Crippen LogP contribution in [0.25, 0.3) is 0 Å². The lowest BCUT2D eigenvalue weighted by Gasteiger charge is -2.29. The van der Waals surface area contributed by atoms with Crippen molar-refractivity contribution in [1.82, 2.24) is 0 Å². The summed E-state index contributed by atoms with van der Waals surface area (Å²) >= 11 is 5.79. The van der Waals surface area contributed by atoms with Gasteiger partial charge in [-0.3, -0.25) is 0 Å². The van der Waals surface area contributed by atoms with Gasteiger partial charge in [-0.25, -0.2) is 4.39 Å². The minimum Gasteiger partial charge on any atom is -0.205 e. The molecule has 0 saturated heterocycles. The summed E-state index contributed by atoms with van der Waals surface area (Å²) in [5, 5.41) is 0.193. The van der Waals surface area contributed by atoms with Crippen LogP contribution in [0.4, 0.5) is 4.39 Å². The molecule has 4 rings (SSSR count). The van der Waals surface area contributed by atoms with Gasteiger partial charge in [-0.1, -0.05) is 92.4 Å². The smallest absolute Gasteiger partial charge is 0.142 e. The van der Waals surface area contributed by atoms with Gasteiger partial charge < -0.3 is 0 Å². The molecule has 1 aliphatic carbocycles. The van der Waals surface area contributed by atoms with Gasteiger partial charge in [0.1, 0.15) is 5.82 Å². The molecule has 0 unspecified atom stereocenters. The van der Waals surface area contributed by atoms with Gasteiger partial charge in [0.25, 0.3) is 0 Å². The normalized spacial score (nSPS) is 17.9. The lowest BCUT2D eigenvalue weighted by molar-refractivity contribution is 0.310. The molecule has 0 bridgehead atoms. The number of benzene rings is 3. The monoisotopic (exact) mass is 504 g/mol. The third kappa shape index (κ3) is 8.20. The highest BCUT2D eigenvalue weighted by Gasteiger charge is 2.22. The van der Waals surface area contributed by atoms with Gasteiger partial charge in [-0.05, 0) is 116 Å². The molecule has 36 heavy (non-hydrogen) atoms. The molecule has 2 heteroatoms. The lowest BCUT2D eigenvalue weighted by atomic mass is 9.76. The van der Waals surface area contributed by atoms with Crippen molar-refractivity contribution >= 4 is 11.6 Å². The fourth-order valence-electron chi connectivity index (χ4n) is 5.72. The Kier molecular flexibility index (Phi) is 10.5. The number of hydrogen-bond donors (Lipinski definition) is 0. The molecule has 0 heterocycles. The summed E-state index contributed by atoms with van der Waals surface area (Å²) in [6.45, 7) is 2.28. The molecule has 0 atom stereocenters. The Bertz CT molecular complexity index is 1050. The van der Waals surface area contributed by atoms with Gasteiger partial charge in [-0.2, -0.15) is 0 Å². The van der Waals surface area contributed by atoms with Crippen LogP contribution in [-0.4, -0.2) is 0 Å². The van der Waals surface area contributed by atoms with Crippen molar-refractivity contribution in [2.45, 2.75) is 96.3 Å². The van der Waals surface area contributed by atoms with Gasteiger partial charge in [0.15, 0.2) is 0 Å². The van der Waals surface area contributed by atoms with Crippen molar-refractivity contribution in [3.63, 3.8) is 0 Å². The maximum atomic E-state index is 13.6. The second kappa shape index (κ2) is 14.0. The van der Waals surface area contributed by atoms with E-state index in [1.807, 2.05) is 6.07 Å². The van der Waals surface area contributed by atoms with E-state index in [0.29, 0.717) is 0 Å². The fourth-order valence-corrected chi connectivity index (χ4v) is 5.84. The maximum Gasteiger partial charge on any atom is 0.142 e. The standard InChI is InChI=1S/C34H42ClF/c1-2-3-4-5-6-26-15-20-31(21-16-26)32-22-17-29(18-23-32)12-11-27-7-9-28(10-8-27)13-14-30-19-24-33(35)34(36)25-30/h7-10,15-16,19-21,24-25,29,32H,2-6,11-14,17-18,22-23H2,1H3/t29-,32-. The maximum absolute atomic E-state index is 13.6. The van der Waals surface area contributed by atoms with Gasteiger partial charge in [-0.15, -0.1) is 0 Å². The van der Waals surface area contributed by atoms with Crippen LogP contribution in [0.5, 0.6) is 0 Å². The Morgan fingerprint density at radius 3 is 1.92 bits per heavy atom. The van der Waals surface area contributed by atoms with Crippen molar-refractivity contribution in [3.8, 4) is 0 Å². The topological polar surface area (TPSA) is 0 Å². The van der Waals surface area contributed by atoms with Crippen LogP contribution in [0.3, 0.4) is 0 Å². The largest absolute Gasteiger partial charge is 0.205 e. The molecule has 1 fully saturated rings. The molecule has 0 amide bonds. The molecule has 0 nitrogen and oxygen atoms in total. The number of hydrogen-bond acceptors (Lipinski definition) is 0. The molecule has 192 valence electrons. The Labute approximate surface area is 223 Å². The number of unbranched alkanes of at least 4 members (excludes halogenated alkanes) is 3. The fraction of sp³-hybridized carbons (Fsp3) is 0.471. The number of rotatable bonds is 12. The highest BCUT2D eigenvalue weighted by Crippen LogP contribution is 2.37. The van der Waals surface area contributed by atoms with Crippen molar-refractivity contribution in [2.24, 2.45) is 5.92 Å². The zero-order valence-corrected chi connectivity index (χ0v) is 22.7. The van der Waals surface area contributed by atoms with E-state index >= 15 is 0 Å². The predicted octanol–water partition coefficient (Wildman–Crippen LogP) is 10.3. The average Bonchev–Trinajstić information content (AvgIpc) is 2.92. The first-order valence-electron chi connectivity index (χ1n) is 14.2. The third-order valence-corrected chi connectivity index (χ3v) is 8.47. The van der Waals surface area contributed by atoms with Crippen molar-refractivity contribution < 1.29 is 4.39 Å². The highest BCUT2D eigenvalue weighted by molar-refractivity contribution is 6.30. The molecular weight excluding hydrogens is 463 g/mol. The summed E-state index contributed by atoms with van der Waals surface area (Å²) in [5.41, 5.74) is 6.81. The summed E-state index contributed by atoms with van der Waals surface area (Å²) < 4.78 is 13.6. The van der Waals surface area contributed by atoms with Crippen LogP contribution in [-0.2, 0) is 25.7 Å². The SMILES string of the molecule is CCCCCCc1ccc([C@H]2CC[C@H](CCc3ccc(CCc4ccc(Cl)c(F)c4)cc3)CC2)cc1. The van der Waals surface area contributed by atoms with Crippen molar-refractivity contribution in [3.05, 3.63) is 105 Å². The Morgan fingerprint density at radius 1 is 0.667 bits per heavy atom. The Morgan fingerprint density at radius 2 is 1.25 bits per heavy atom. The first kappa shape index (κ1) is 26.9. The summed E-state index contributed by atoms with van der Waals surface area (Å²) in [4.78, 5) is 0. The summed E-state index contributed by atoms with van der Waals surface area (Å²) in [6.07, 6.45) is 16.2. The van der Waals surface area contributed by atoms with E-state index in [1.54, 1.807) is 17.7 Å². The van der Waals surface area contributed by atoms with Gasteiger partial charge >= 0.3 is 0 Å². The van der Waals surface area contributed by atoms with Gasteiger partial charge in [0.05, 0.1) is 5.02 Å². The van der Waals surface area contributed by atoms with E-state index in [2.05, 4.69) is 55.5 Å². The van der Waals surface area contributed by atoms with E-state index in [-0.39, 0.29) is 10.8 Å². The van der Waals surface area contributed by atoms with Crippen LogP contribution in [0.1, 0.15) is 98.4 Å². The Hall–Kier alpha value is -2.12. The van der Waals surface area contributed by atoms with Crippen molar-refractivity contribution in [2.75, 3.05) is 0 Å². The average molecular weight is 505 g/mol. The van der Waals surface area contributed by atoms with Crippen molar-refractivity contribution in [1.29, 1.82) is 0 Å². The molecule has 0 spiro atoms. The Balaban J connectivity index is 1.16. The molecule has 0 aliphatic heterocycles. The third-order valence-electron chi connectivity index (χ3n) is 8.17. The van der Waals surface area contributed by atoms with Crippen LogP contribution in [0.2, 0.25) is 5.02 Å². The summed E-state index contributed by atoms with van der Waals surface area (Å²) in [6, 6.07) is 23.7.